The van der Waals surface area contributed by atoms with Gasteiger partial charge in [0.25, 0.3) is 5.91 Å². The standard InChI is InChI=1S/C18H21N3O3S/c1-12-11-24-13(2)10-21(12)17(22)15-8-9-16(25-15)20-18(23)19-14-6-4-3-5-7-14/h3-9,12-13H,10-11H2,1-2H3,(H2,19,20,23). The van der Waals surface area contributed by atoms with Crippen LogP contribution >= 0.6 is 11.3 Å². The van der Waals surface area contributed by atoms with Gasteiger partial charge in [-0.05, 0) is 38.1 Å². The average Bonchev–Trinajstić information content (AvgIpc) is 3.05. The molecule has 1 aliphatic rings. The summed E-state index contributed by atoms with van der Waals surface area (Å²) in [5.41, 5.74) is 0.712. The van der Waals surface area contributed by atoms with Crippen molar-refractivity contribution in [2.75, 3.05) is 23.8 Å². The van der Waals surface area contributed by atoms with E-state index in [2.05, 4.69) is 10.6 Å². The van der Waals surface area contributed by atoms with Crippen LogP contribution in [-0.4, -0.2) is 42.1 Å². The number of amides is 3. The maximum absolute atomic E-state index is 12.7. The zero-order chi connectivity index (χ0) is 17.8. The highest BCUT2D eigenvalue weighted by Gasteiger charge is 2.29. The molecule has 3 rings (SSSR count). The smallest absolute Gasteiger partial charge is 0.324 e. The first kappa shape index (κ1) is 17.4. The number of hydrogen-bond acceptors (Lipinski definition) is 4. The van der Waals surface area contributed by atoms with Gasteiger partial charge in [-0.1, -0.05) is 18.2 Å². The van der Waals surface area contributed by atoms with Crippen molar-refractivity contribution >= 4 is 34.0 Å². The summed E-state index contributed by atoms with van der Waals surface area (Å²) in [7, 11) is 0. The summed E-state index contributed by atoms with van der Waals surface area (Å²) in [6.07, 6.45) is 0.0364. The highest BCUT2D eigenvalue weighted by atomic mass is 32.1. The fraction of sp³-hybridized carbons (Fsp3) is 0.333. The molecule has 2 N–H and O–H groups in total. The topological polar surface area (TPSA) is 70.7 Å². The number of nitrogens with one attached hydrogen (secondary N) is 2. The SMILES string of the molecule is CC1CN(C(=O)c2ccc(NC(=O)Nc3ccccc3)s2)C(C)CO1. The summed E-state index contributed by atoms with van der Waals surface area (Å²) >= 11 is 1.27. The van der Waals surface area contributed by atoms with E-state index in [1.807, 2.05) is 49.1 Å². The first-order valence-corrected chi connectivity index (χ1v) is 9.00. The van der Waals surface area contributed by atoms with E-state index >= 15 is 0 Å². The lowest BCUT2D eigenvalue weighted by Crippen LogP contribution is -2.50. The summed E-state index contributed by atoms with van der Waals surface area (Å²) < 4.78 is 5.57. The quantitative estimate of drug-likeness (QED) is 0.879. The Bertz CT molecular complexity index is 747. The molecule has 0 aliphatic carbocycles. The van der Waals surface area contributed by atoms with Crippen molar-refractivity contribution in [3.05, 3.63) is 47.3 Å². The van der Waals surface area contributed by atoms with Crippen LogP contribution in [0.25, 0.3) is 0 Å². The third-order valence-corrected chi connectivity index (χ3v) is 4.94. The lowest BCUT2D eigenvalue weighted by atomic mass is 10.2. The molecule has 1 aromatic carbocycles. The van der Waals surface area contributed by atoms with Crippen molar-refractivity contribution in [2.24, 2.45) is 0 Å². The van der Waals surface area contributed by atoms with Crippen LogP contribution in [0.4, 0.5) is 15.5 Å². The highest BCUT2D eigenvalue weighted by Crippen LogP contribution is 2.25. The fourth-order valence-corrected chi connectivity index (χ4v) is 3.50. The van der Waals surface area contributed by atoms with Crippen molar-refractivity contribution in [1.82, 2.24) is 4.90 Å². The number of thiophene rings is 1. The van der Waals surface area contributed by atoms with Crippen LogP contribution in [0, 0.1) is 0 Å². The summed E-state index contributed by atoms with van der Waals surface area (Å²) in [6, 6.07) is 12.4. The van der Waals surface area contributed by atoms with Gasteiger partial charge in [-0.2, -0.15) is 0 Å². The number of anilines is 2. The number of urea groups is 1. The summed E-state index contributed by atoms with van der Waals surface area (Å²) in [5.74, 6) is -0.0239. The molecular weight excluding hydrogens is 338 g/mol. The number of benzene rings is 1. The van der Waals surface area contributed by atoms with Crippen molar-refractivity contribution in [1.29, 1.82) is 0 Å². The Morgan fingerprint density at radius 1 is 1.12 bits per heavy atom. The number of hydrogen-bond donors (Lipinski definition) is 2. The van der Waals surface area contributed by atoms with Crippen LogP contribution in [0.15, 0.2) is 42.5 Å². The van der Waals surface area contributed by atoms with Gasteiger partial charge in [0, 0.05) is 12.2 Å². The normalized spacial score (nSPS) is 20.2. The Morgan fingerprint density at radius 3 is 2.64 bits per heavy atom. The second-order valence-corrected chi connectivity index (χ2v) is 7.14. The molecule has 0 bridgehead atoms. The molecule has 3 amide bonds. The van der Waals surface area contributed by atoms with Crippen LogP contribution in [0.1, 0.15) is 23.5 Å². The van der Waals surface area contributed by atoms with E-state index in [1.54, 1.807) is 12.1 Å². The number of carbonyl (C=O) groups is 2. The zero-order valence-electron chi connectivity index (χ0n) is 14.2. The van der Waals surface area contributed by atoms with E-state index in [0.717, 1.165) is 0 Å². The number of ether oxygens (including phenoxy) is 1. The molecule has 132 valence electrons. The number of para-hydroxylation sites is 1. The molecule has 1 saturated heterocycles. The monoisotopic (exact) mass is 359 g/mol. The van der Waals surface area contributed by atoms with Gasteiger partial charge in [-0.15, -0.1) is 11.3 Å². The average molecular weight is 359 g/mol. The van der Waals surface area contributed by atoms with Crippen LogP contribution in [0.3, 0.4) is 0 Å². The Morgan fingerprint density at radius 2 is 1.88 bits per heavy atom. The minimum absolute atomic E-state index is 0.0239. The van der Waals surface area contributed by atoms with E-state index in [0.29, 0.717) is 28.7 Å². The second kappa shape index (κ2) is 7.67. The molecule has 0 spiro atoms. The Balaban J connectivity index is 1.62. The largest absolute Gasteiger partial charge is 0.375 e. The van der Waals surface area contributed by atoms with Crippen molar-refractivity contribution in [2.45, 2.75) is 26.0 Å². The zero-order valence-corrected chi connectivity index (χ0v) is 15.0. The minimum Gasteiger partial charge on any atom is -0.375 e. The summed E-state index contributed by atoms with van der Waals surface area (Å²) in [5, 5.41) is 6.14. The summed E-state index contributed by atoms with van der Waals surface area (Å²) in [6.45, 7) is 5.06. The molecule has 1 aromatic heterocycles. The first-order valence-electron chi connectivity index (χ1n) is 8.18. The second-order valence-electron chi connectivity index (χ2n) is 6.06. The molecule has 0 saturated carbocycles. The minimum atomic E-state index is -0.333. The Kier molecular flexibility index (Phi) is 5.35. The van der Waals surface area contributed by atoms with Crippen LogP contribution in [-0.2, 0) is 4.74 Å². The maximum Gasteiger partial charge on any atom is 0.324 e. The molecule has 7 heteroatoms. The van der Waals surface area contributed by atoms with Gasteiger partial charge >= 0.3 is 6.03 Å². The van der Waals surface area contributed by atoms with Gasteiger partial charge in [0.15, 0.2) is 0 Å². The van der Waals surface area contributed by atoms with Crippen molar-refractivity contribution in [3.63, 3.8) is 0 Å². The molecule has 2 aromatic rings. The van der Waals surface area contributed by atoms with E-state index in [1.165, 1.54) is 11.3 Å². The van der Waals surface area contributed by atoms with Crippen LogP contribution in [0.5, 0.6) is 0 Å². The van der Waals surface area contributed by atoms with Gasteiger partial charge in [-0.3, -0.25) is 10.1 Å². The lowest BCUT2D eigenvalue weighted by Gasteiger charge is -2.36. The first-order chi connectivity index (χ1) is 12.0. The predicted octanol–water partition coefficient (Wildman–Crippen LogP) is 3.64. The van der Waals surface area contributed by atoms with Gasteiger partial charge in [-0.25, -0.2) is 4.79 Å². The maximum atomic E-state index is 12.7. The van der Waals surface area contributed by atoms with Gasteiger partial charge < -0.3 is 15.0 Å². The van der Waals surface area contributed by atoms with Crippen molar-refractivity contribution < 1.29 is 14.3 Å². The highest BCUT2D eigenvalue weighted by molar-refractivity contribution is 7.18. The van der Waals surface area contributed by atoms with E-state index in [9.17, 15) is 9.59 Å². The number of nitrogens with zero attached hydrogens (tertiary/aromatic N) is 1. The Hall–Kier alpha value is -2.38. The number of rotatable bonds is 3. The fourth-order valence-electron chi connectivity index (χ4n) is 2.64. The van der Waals surface area contributed by atoms with Crippen LogP contribution in [0.2, 0.25) is 0 Å². The van der Waals surface area contributed by atoms with Gasteiger partial charge in [0.05, 0.1) is 28.6 Å². The molecule has 1 aliphatic heterocycles. The van der Waals surface area contributed by atoms with Gasteiger partial charge in [0.2, 0.25) is 0 Å². The van der Waals surface area contributed by atoms with Crippen LogP contribution < -0.4 is 10.6 Å². The number of carbonyl (C=O) groups excluding carboxylic acids is 2. The molecule has 0 radical (unpaired) electrons. The molecule has 2 atom stereocenters. The molecule has 2 heterocycles. The lowest BCUT2D eigenvalue weighted by molar-refractivity contribution is -0.0385. The molecular formula is C18H21N3O3S. The predicted molar refractivity (Wildman–Crippen MR) is 99.3 cm³/mol. The third-order valence-electron chi connectivity index (χ3n) is 3.95. The van der Waals surface area contributed by atoms with Crippen molar-refractivity contribution in [3.8, 4) is 0 Å². The molecule has 1 fully saturated rings. The summed E-state index contributed by atoms with van der Waals surface area (Å²) in [4.78, 5) is 27.2. The van der Waals surface area contributed by atoms with Gasteiger partial charge in [0.1, 0.15) is 0 Å². The molecule has 25 heavy (non-hydrogen) atoms. The molecule has 2 unspecified atom stereocenters. The van der Waals surface area contributed by atoms with E-state index in [-0.39, 0.29) is 24.1 Å². The van der Waals surface area contributed by atoms with E-state index < -0.39 is 0 Å². The number of morpholine rings is 1. The Labute approximate surface area is 150 Å². The third kappa shape index (κ3) is 4.37. The van der Waals surface area contributed by atoms with E-state index in [4.69, 9.17) is 4.74 Å². The molecule has 6 nitrogen and oxygen atoms in total.